The Hall–Kier alpha value is -3.45. The number of hydrazone groups is 1. The highest BCUT2D eigenvalue weighted by atomic mass is 32.2. The lowest BCUT2D eigenvalue weighted by molar-refractivity contribution is -0.114. The molecule has 5 rings (SSSR count). The number of nitrogens with one attached hydrogen (secondary N) is 1. The van der Waals surface area contributed by atoms with Crippen molar-refractivity contribution in [3.8, 4) is 5.69 Å². The van der Waals surface area contributed by atoms with Crippen molar-refractivity contribution in [3.05, 3.63) is 71.1 Å². The summed E-state index contributed by atoms with van der Waals surface area (Å²) in [4.78, 5) is 16.7. The zero-order chi connectivity index (χ0) is 21.0. The molecule has 1 amide bonds. The summed E-state index contributed by atoms with van der Waals surface area (Å²) in [6, 6.07) is 16.7. The van der Waals surface area contributed by atoms with Gasteiger partial charge < -0.3 is 4.57 Å². The third kappa shape index (κ3) is 2.90. The first kappa shape index (κ1) is 18.6. The van der Waals surface area contributed by atoms with Crippen molar-refractivity contribution in [2.24, 2.45) is 10.1 Å². The SMILES string of the molecule is CC1=NN2C(=N)/C(=C\c3cc(C)n(-c4ccc5ccccc5c4)c3C)C(=O)N=C2S1. The van der Waals surface area contributed by atoms with Gasteiger partial charge in [-0.3, -0.25) is 10.2 Å². The largest absolute Gasteiger partial charge is 0.318 e. The summed E-state index contributed by atoms with van der Waals surface area (Å²) in [7, 11) is 0. The molecule has 148 valence electrons. The van der Waals surface area contributed by atoms with Gasteiger partial charge in [0, 0.05) is 17.1 Å². The van der Waals surface area contributed by atoms with E-state index in [4.69, 9.17) is 5.41 Å². The quantitative estimate of drug-likeness (QED) is 0.608. The van der Waals surface area contributed by atoms with Gasteiger partial charge in [0.1, 0.15) is 0 Å². The number of aliphatic imine (C=N–C) groups is 1. The summed E-state index contributed by atoms with van der Waals surface area (Å²) in [5, 5.41) is 17.8. The van der Waals surface area contributed by atoms with Crippen molar-refractivity contribution in [3.63, 3.8) is 0 Å². The van der Waals surface area contributed by atoms with Gasteiger partial charge in [0.15, 0.2) is 5.84 Å². The number of thioether (sulfide) groups is 1. The lowest BCUT2D eigenvalue weighted by Crippen LogP contribution is -2.35. The van der Waals surface area contributed by atoms with Gasteiger partial charge in [-0.1, -0.05) is 30.3 Å². The molecule has 0 bridgehead atoms. The first-order chi connectivity index (χ1) is 14.4. The topological polar surface area (TPSA) is 73.8 Å². The van der Waals surface area contributed by atoms with E-state index < -0.39 is 5.91 Å². The van der Waals surface area contributed by atoms with Gasteiger partial charge in [0.25, 0.3) is 5.91 Å². The van der Waals surface area contributed by atoms with Crippen molar-refractivity contribution in [2.45, 2.75) is 20.8 Å². The number of benzene rings is 2. The maximum Gasteiger partial charge on any atom is 0.283 e. The molecule has 1 N–H and O–H groups in total. The second-order valence-corrected chi connectivity index (χ2v) is 8.49. The molecule has 0 unspecified atom stereocenters. The molecule has 0 saturated carbocycles. The Balaban J connectivity index is 1.58. The number of carbonyl (C=O) groups excluding carboxylic acids is 1. The van der Waals surface area contributed by atoms with Crippen LogP contribution in [-0.4, -0.2) is 31.5 Å². The average molecular weight is 414 g/mol. The molecule has 2 aromatic carbocycles. The molecule has 0 radical (unpaired) electrons. The number of carbonyl (C=O) groups is 1. The van der Waals surface area contributed by atoms with E-state index in [1.807, 2.05) is 39.0 Å². The fourth-order valence-corrected chi connectivity index (χ4v) is 4.62. The summed E-state index contributed by atoms with van der Waals surface area (Å²) in [5.74, 6) is -0.344. The van der Waals surface area contributed by atoms with Crippen LogP contribution in [0, 0.1) is 19.3 Å². The molecule has 0 spiro atoms. The van der Waals surface area contributed by atoms with E-state index in [1.54, 1.807) is 6.08 Å². The molecular weight excluding hydrogens is 394 g/mol. The zero-order valence-corrected chi connectivity index (χ0v) is 17.6. The third-order valence-corrected chi connectivity index (χ3v) is 6.14. The van der Waals surface area contributed by atoms with Crippen molar-refractivity contribution in [1.82, 2.24) is 9.58 Å². The summed E-state index contributed by atoms with van der Waals surface area (Å²) in [6.45, 7) is 5.90. The Morgan fingerprint density at radius 2 is 1.80 bits per heavy atom. The van der Waals surface area contributed by atoms with Crippen LogP contribution in [0.1, 0.15) is 23.9 Å². The minimum atomic E-state index is -0.404. The van der Waals surface area contributed by atoms with E-state index in [2.05, 4.69) is 45.0 Å². The Morgan fingerprint density at radius 1 is 1.03 bits per heavy atom. The van der Waals surface area contributed by atoms with Crippen molar-refractivity contribution in [2.75, 3.05) is 0 Å². The van der Waals surface area contributed by atoms with E-state index in [-0.39, 0.29) is 11.4 Å². The van der Waals surface area contributed by atoms with Crippen molar-refractivity contribution < 1.29 is 4.79 Å². The second kappa shape index (κ2) is 6.81. The van der Waals surface area contributed by atoms with E-state index in [0.717, 1.165) is 27.7 Å². The molecule has 6 nitrogen and oxygen atoms in total. The summed E-state index contributed by atoms with van der Waals surface area (Å²) in [6.07, 6.45) is 1.75. The summed E-state index contributed by atoms with van der Waals surface area (Å²) in [5.41, 5.74) is 4.26. The number of amidine groups is 2. The predicted molar refractivity (Wildman–Crippen MR) is 123 cm³/mol. The number of hydrogen-bond donors (Lipinski definition) is 1. The first-order valence-electron chi connectivity index (χ1n) is 9.57. The monoisotopic (exact) mass is 413 g/mol. The average Bonchev–Trinajstić information content (AvgIpc) is 3.23. The third-order valence-electron chi connectivity index (χ3n) is 5.32. The Bertz CT molecular complexity index is 1340. The molecule has 0 fully saturated rings. The molecule has 2 aliphatic rings. The molecule has 3 aromatic rings. The van der Waals surface area contributed by atoms with Crippen molar-refractivity contribution in [1.29, 1.82) is 5.41 Å². The lowest BCUT2D eigenvalue weighted by Gasteiger charge is -2.20. The normalized spacial score (nSPS) is 17.6. The Labute approximate surface area is 178 Å². The van der Waals surface area contributed by atoms with Crippen molar-refractivity contribution >= 4 is 50.6 Å². The van der Waals surface area contributed by atoms with Gasteiger partial charge in [-0.25, -0.2) is 0 Å². The highest BCUT2D eigenvalue weighted by Crippen LogP contribution is 2.30. The van der Waals surface area contributed by atoms with Crippen LogP contribution < -0.4 is 0 Å². The minimum absolute atomic E-state index is 0.0601. The highest BCUT2D eigenvalue weighted by molar-refractivity contribution is 8.26. The number of aryl methyl sites for hydroxylation is 1. The van der Waals surface area contributed by atoms with Crippen LogP contribution >= 0.6 is 11.8 Å². The number of amides is 1. The molecule has 3 heterocycles. The van der Waals surface area contributed by atoms with Crippen LogP contribution in [0.15, 0.2) is 64.2 Å². The van der Waals surface area contributed by atoms with Gasteiger partial charge in [-0.15, -0.1) is 0 Å². The molecule has 0 aliphatic carbocycles. The van der Waals surface area contributed by atoms with E-state index in [9.17, 15) is 4.79 Å². The fraction of sp³-hybridized carbons (Fsp3) is 0.130. The smallest absolute Gasteiger partial charge is 0.283 e. The standard InChI is InChI=1S/C23H19N5OS/c1-13-10-18(12-20-21(24)28-23(25-22(20)29)30-15(3)26-28)14(2)27(13)19-9-8-16-6-4-5-7-17(16)11-19/h4-12,24H,1-3H3/b20-12+,24-21?. The molecular formula is C23H19N5OS. The van der Waals surface area contributed by atoms with Gasteiger partial charge in [-0.05, 0) is 73.1 Å². The van der Waals surface area contributed by atoms with Gasteiger partial charge >= 0.3 is 0 Å². The molecule has 1 aromatic heterocycles. The lowest BCUT2D eigenvalue weighted by atomic mass is 10.1. The van der Waals surface area contributed by atoms with Gasteiger partial charge in [-0.2, -0.15) is 15.1 Å². The van der Waals surface area contributed by atoms with E-state index >= 15 is 0 Å². The molecule has 7 heteroatoms. The molecule has 0 saturated heterocycles. The van der Waals surface area contributed by atoms with E-state index in [1.165, 1.54) is 27.5 Å². The second-order valence-electron chi connectivity index (χ2n) is 7.33. The van der Waals surface area contributed by atoms with Crippen LogP contribution in [0.4, 0.5) is 0 Å². The molecule has 30 heavy (non-hydrogen) atoms. The number of aromatic nitrogens is 1. The summed E-state index contributed by atoms with van der Waals surface area (Å²) < 4.78 is 2.17. The predicted octanol–water partition coefficient (Wildman–Crippen LogP) is 4.89. The Kier molecular flexibility index (Phi) is 4.22. The number of rotatable bonds is 2. The number of nitrogens with zero attached hydrogens (tertiary/aromatic N) is 4. The van der Waals surface area contributed by atoms with Crippen LogP contribution in [-0.2, 0) is 4.79 Å². The van der Waals surface area contributed by atoms with Crippen LogP contribution in [0.2, 0.25) is 0 Å². The Morgan fingerprint density at radius 3 is 2.60 bits per heavy atom. The van der Waals surface area contributed by atoms with Gasteiger partial charge in [0.05, 0.1) is 10.6 Å². The minimum Gasteiger partial charge on any atom is -0.318 e. The highest BCUT2D eigenvalue weighted by Gasteiger charge is 2.34. The number of hydrogen-bond acceptors (Lipinski definition) is 4. The van der Waals surface area contributed by atoms with Crippen LogP contribution in [0.3, 0.4) is 0 Å². The molecule has 2 aliphatic heterocycles. The van der Waals surface area contributed by atoms with Gasteiger partial charge in [0.2, 0.25) is 5.17 Å². The van der Waals surface area contributed by atoms with E-state index in [0.29, 0.717) is 5.17 Å². The maximum absolute atomic E-state index is 12.6. The zero-order valence-electron chi connectivity index (χ0n) is 16.8. The first-order valence-corrected chi connectivity index (χ1v) is 10.4. The number of fused-ring (bicyclic) bond motifs is 2. The fourth-order valence-electron chi connectivity index (χ4n) is 3.89. The van der Waals surface area contributed by atoms with Crippen LogP contribution in [0.5, 0.6) is 0 Å². The van der Waals surface area contributed by atoms with Crippen LogP contribution in [0.25, 0.3) is 22.5 Å². The maximum atomic E-state index is 12.6. The summed E-state index contributed by atoms with van der Waals surface area (Å²) >= 11 is 1.31. The molecule has 0 atom stereocenters.